The second-order valence-corrected chi connectivity index (χ2v) is 9.21. The normalized spacial score (nSPS) is 14.2. The van der Waals surface area contributed by atoms with Crippen LogP contribution in [0.5, 0.6) is 5.75 Å². The molecule has 9 nitrogen and oxygen atoms in total. The number of nitrogens with zero attached hydrogens (tertiary/aromatic N) is 4. The van der Waals surface area contributed by atoms with Gasteiger partial charge in [-0.25, -0.2) is 9.97 Å². The molecule has 4 heterocycles. The number of benzene rings is 1. The standard InChI is InChI=1S/C25H27N7O2S/c1-4-22(33)27-18-13-19(21(34-3)14-20(18)32-10-8-31(2)9-11-32)28-25-29-23(16-5-7-26-15-16)17-6-12-35-24(17)30-25/h4-7,12-15,26H,1,8-11H2,2-3H3,(H,27,33)(H,28,29,30). The Hall–Kier alpha value is -3.89. The van der Waals surface area contributed by atoms with E-state index in [-0.39, 0.29) is 5.91 Å². The zero-order valence-corrected chi connectivity index (χ0v) is 20.5. The van der Waals surface area contributed by atoms with Crippen molar-refractivity contribution < 1.29 is 9.53 Å². The minimum Gasteiger partial charge on any atom is -0.494 e. The number of aromatic amines is 1. The van der Waals surface area contributed by atoms with Gasteiger partial charge in [0.1, 0.15) is 10.6 Å². The van der Waals surface area contributed by atoms with Crippen LogP contribution in [-0.2, 0) is 4.79 Å². The monoisotopic (exact) mass is 489 g/mol. The Bertz CT molecular complexity index is 1360. The highest BCUT2D eigenvalue weighted by Gasteiger charge is 2.21. The molecule has 3 N–H and O–H groups in total. The zero-order valence-electron chi connectivity index (χ0n) is 19.7. The van der Waals surface area contributed by atoms with Crippen LogP contribution in [0.4, 0.5) is 23.0 Å². The summed E-state index contributed by atoms with van der Waals surface area (Å²) in [7, 11) is 3.74. The first-order chi connectivity index (χ1) is 17.1. The molecule has 0 saturated carbocycles. The minimum absolute atomic E-state index is 0.275. The van der Waals surface area contributed by atoms with Crippen molar-refractivity contribution in [2.24, 2.45) is 0 Å². The molecule has 10 heteroatoms. The molecule has 0 radical (unpaired) electrons. The maximum Gasteiger partial charge on any atom is 0.247 e. The lowest BCUT2D eigenvalue weighted by molar-refractivity contribution is -0.111. The van der Waals surface area contributed by atoms with Crippen LogP contribution in [0.15, 0.2) is 54.7 Å². The van der Waals surface area contributed by atoms with Gasteiger partial charge in [0.2, 0.25) is 11.9 Å². The number of amides is 1. The predicted molar refractivity (Wildman–Crippen MR) is 142 cm³/mol. The molecule has 3 aromatic heterocycles. The molecule has 0 spiro atoms. The number of carbonyl (C=O) groups is 1. The Morgan fingerprint density at radius 3 is 2.74 bits per heavy atom. The van der Waals surface area contributed by atoms with Crippen LogP contribution in [0, 0.1) is 0 Å². The van der Waals surface area contributed by atoms with Crippen molar-refractivity contribution in [2.75, 3.05) is 55.9 Å². The van der Waals surface area contributed by atoms with Gasteiger partial charge in [0.25, 0.3) is 0 Å². The maximum atomic E-state index is 12.3. The number of carbonyl (C=O) groups excluding carboxylic acids is 1. The SMILES string of the molecule is C=CC(=O)Nc1cc(Nc2nc(-c3cc[nH]c3)c3ccsc3n2)c(OC)cc1N1CCN(C)CC1. The average molecular weight is 490 g/mol. The van der Waals surface area contributed by atoms with Crippen molar-refractivity contribution in [1.82, 2.24) is 19.9 Å². The van der Waals surface area contributed by atoms with Crippen LogP contribution >= 0.6 is 11.3 Å². The number of rotatable bonds is 7. The van der Waals surface area contributed by atoms with Gasteiger partial charge in [-0.1, -0.05) is 6.58 Å². The van der Waals surface area contributed by atoms with E-state index in [1.54, 1.807) is 18.4 Å². The Labute approximate surface area is 207 Å². The number of anilines is 4. The van der Waals surface area contributed by atoms with Gasteiger partial charge in [-0.3, -0.25) is 4.79 Å². The third-order valence-electron chi connectivity index (χ3n) is 6.05. The number of aromatic nitrogens is 3. The second kappa shape index (κ2) is 9.77. The maximum absolute atomic E-state index is 12.3. The summed E-state index contributed by atoms with van der Waals surface area (Å²) >= 11 is 1.56. The number of H-pyrrole nitrogens is 1. The van der Waals surface area contributed by atoms with Crippen LogP contribution in [0.3, 0.4) is 0 Å². The molecule has 0 aliphatic carbocycles. The first kappa shape index (κ1) is 22.9. The van der Waals surface area contributed by atoms with Crippen molar-refractivity contribution in [1.29, 1.82) is 0 Å². The van der Waals surface area contributed by atoms with Gasteiger partial charge < -0.3 is 30.2 Å². The van der Waals surface area contributed by atoms with Gasteiger partial charge >= 0.3 is 0 Å². The molecule has 4 aromatic rings. The van der Waals surface area contributed by atoms with Crippen molar-refractivity contribution in [2.45, 2.75) is 0 Å². The molecule has 1 aliphatic heterocycles. The van der Waals surface area contributed by atoms with Crippen molar-refractivity contribution in [3.05, 3.63) is 54.7 Å². The van der Waals surface area contributed by atoms with Crippen LogP contribution < -0.4 is 20.3 Å². The van der Waals surface area contributed by atoms with E-state index in [1.165, 1.54) is 6.08 Å². The summed E-state index contributed by atoms with van der Waals surface area (Å²) in [6.07, 6.45) is 5.05. The third-order valence-corrected chi connectivity index (χ3v) is 6.85. The first-order valence-corrected chi connectivity index (χ1v) is 12.2. The molecule has 5 rings (SSSR count). The summed E-state index contributed by atoms with van der Waals surface area (Å²) in [5.74, 6) is 0.805. The average Bonchev–Trinajstić information content (AvgIpc) is 3.57. The molecule has 1 aromatic carbocycles. The Morgan fingerprint density at radius 1 is 1.20 bits per heavy atom. The van der Waals surface area contributed by atoms with E-state index >= 15 is 0 Å². The van der Waals surface area contributed by atoms with Crippen LogP contribution in [0.1, 0.15) is 0 Å². The Morgan fingerprint density at radius 2 is 2.03 bits per heavy atom. The van der Waals surface area contributed by atoms with Gasteiger partial charge in [0.15, 0.2) is 0 Å². The number of fused-ring (bicyclic) bond motifs is 1. The van der Waals surface area contributed by atoms with Gasteiger partial charge in [-0.15, -0.1) is 11.3 Å². The summed E-state index contributed by atoms with van der Waals surface area (Å²) in [6, 6.07) is 7.83. The number of thiophene rings is 1. The van der Waals surface area contributed by atoms with E-state index in [1.807, 2.05) is 42.0 Å². The highest BCUT2D eigenvalue weighted by Crippen LogP contribution is 2.39. The van der Waals surface area contributed by atoms with Crippen molar-refractivity contribution in [3.63, 3.8) is 0 Å². The fraction of sp³-hybridized carbons (Fsp3) is 0.240. The summed E-state index contributed by atoms with van der Waals surface area (Å²) in [6.45, 7) is 7.17. The molecule has 0 atom stereocenters. The summed E-state index contributed by atoms with van der Waals surface area (Å²) in [5, 5.41) is 9.28. The van der Waals surface area contributed by atoms with E-state index in [4.69, 9.17) is 14.7 Å². The number of ether oxygens (including phenoxy) is 1. The van der Waals surface area contributed by atoms with E-state index in [2.05, 4.69) is 39.0 Å². The third kappa shape index (κ3) is 4.71. The van der Waals surface area contributed by atoms with Crippen molar-refractivity contribution in [3.8, 4) is 17.0 Å². The molecule has 0 bridgehead atoms. The number of nitrogens with one attached hydrogen (secondary N) is 3. The minimum atomic E-state index is -0.275. The molecule has 1 aliphatic rings. The first-order valence-electron chi connectivity index (χ1n) is 11.3. The molecular weight excluding hydrogens is 462 g/mol. The summed E-state index contributed by atoms with van der Waals surface area (Å²) < 4.78 is 5.74. The van der Waals surface area contributed by atoms with Crippen LogP contribution in [0.25, 0.3) is 21.5 Å². The molecule has 1 saturated heterocycles. The Balaban J connectivity index is 1.55. The van der Waals surface area contributed by atoms with E-state index in [0.29, 0.717) is 23.1 Å². The topological polar surface area (TPSA) is 98.4 Å². The smallest absolute Gasteiger partial charge is 0.247 e. The fourth-order valence-corrected chi connectivity index (χ4v) is 4.92. The highest BCUT2D eigenvalue weighted by atomic mass is 32.1. The highest BCUT2D eigenvalue weighted by molar-refractivity contribution is 7.16. The van der Waals surface area contributed by atoms with Gasteiger partial charge in [0.05, 0.1) is 29.9 Å². The predicted octanol–water partition coefficient (Wildman–Crippen LogP) is 4.31. The van der Waals surface area contributed by atoms with Crippen LogP contribution in [-0.4, -0.2) is 66.1 Å². The molecule has 1 amide bonds. The number of hydrogen-bond donors (Lipinski definition) is 3. The molecule has 1 fully saturated rings. The summed E-state index contributed by atoms with van der Waals surface area (Å²) in [4.78, 5) is 30.3. The van der Waals surface area contributed by atoms with Crippen LogP contribution in [0.2, 0.25) is 0 Å². The largest absolute Gasteiger partial charge is 0.494 e. The lowest BCUT2D eigenvalue weighted by atomic mass is 10.1. The number of piperazine rings is 1. The molecule has 35 heavy (non-hydrogen) atoms. The van der Waals surface area contributed by atoms with Gasteiger partial charge in [-0.2, -0.15) is 0 Å². The molecule has 180 valence electrons. The van der Waals surface area contributed by atoms with Crippen molar-refractivity contribution >= 4 is 50.5 Å². The zero-order chi connectivity index (χ0) is 24.4. The number of likely N-dealkylation sites (N-methyl/N-ethyl adjacent to an activating group) is 1. The summed E-state index contributed by atoms with van der Waals surface area (Å²) in [5.41, 5.74) is 4.05. The van der Waals surface area contributed by atoms with E-state index in [9.17, 15) is 4.79 Å². The second-order valence-electron chi connectivity index (χ2n) is 8.31. The lowest BCUT2D eigenvalue weighted by Crippen LogP contribution is -2.44. The number of hydrogen-bond acceptors (Lipinski definition) is 8. The fourth-order valence-electron chi connectivity index (χ4n) is 4.15. The lowest BCUT2D eigenvalue weighted by Gasteiger charge is -2.35. The van der Waals surface area contributed by atoms with Gasteiger partial charge in [0, 0.05) is 55.6 Å². The quantitative estimate of drug-likeness (QED) is 0.333. The Kier molecular flexibility index (Phi) is 6.39. The number of methoxy groups -OCH3 is 1. The van der Waals surface area contributed by atoms with E-state index < -0.39 is 0 Å². The molecular formula is C25H27N7O2S. The van der Waals surface area contributed by atoms with E-state index in [0.717, 1.165) is 53.3 Å². The molecule has 0 unspecified atom stereocenters. The van der Waals surface area contributed by atoms with Gasteiger partial charge in [-0.05, 0) is 36.7 Å².